The predicted octanol–water partition coefficient (Wildman–Crippen LogP) is 0.758. The van der Waals surface area contributed by atoms with Gasteiger partial charge in [-0.05, 0) is 13.8 Å². The van der Waals surface area contributed by atoms with Crippen LogP contribution in [0.2, 0.25) is 0 Å². The number of ether oxygens (including phenoxy) is 5. The summed E-state index contributed by atoms with van der Waals surface area (Å²) >= 11 is 0. The second-order valence-corrected chi connectivity index (χ2v) is 8.48. The summed E-state index contributed by atoms with van der Waals surface area (Å²) in [5.74, 6) is -1.50. The van der Waals surface area contributed by atoms with E-state index in [1.54, 1.807) is 0 Å². The maximum absolute atomic E-state index is 15.5. The van der Waals surface area contributed by atoms with Gasteiger partial charge in [0.1, 0.15) is 12.7 Å². The molecule has 4 unspecified atom stereocenters. The summed E-state index contributed by atoms with van der Waals surface area (Å²) < 4.78 is 42.2. The SMILES string of the molecule is C#CCCC(=O)NC1C(OC(C)=O)C(F)C(C)(C)OC1[C@H](OC(C)=O)[C@@H](COC(C)=O)OC(C)=O. The van der Waals surface area contributed by atoms with Crippen molar-refractivity contribution in [3.8, 4) is 12.3 Å². The van der Waals surface area contributed by atoms with Gasteiger partial charge in [-0.2, -0.15) is 0 Å². The second kappa shape index (κ2) is 13.0. The molecule has 1 amide bonds. The number of hydrogen-bond donors (Lipinski definition) is 1. The summed E-state index contributed by atoms with van der Waals surface area (Å²) in [5.41, 5.74) is -1.61. The lowest BCUT2D eigenvalue weighted by molar-refractivity contribution is -0.251. The molecule has 0 bridgehead atoms. The van der Waals surface area contributed by atoms with Gasteiger partial charge in [-0.1, -0.05) is 0 Å². The van der Waals surface area contributed by atoms with E-state index in [4.69, 9.17) is 30.1 Å². The van der Waals surface area contributed by atoms with E-state index in [0.717, 1.165) is 27.7 Å². The Morgan fingerprint density at radius 3 is 2.11 bits per heavy atom. The number of hydrogen-bond acceptors (Lipinski definition) is 10. The highest BCUT2D eigenvalue weighted by atomic mass is 19.1. The van der Waals surface area contributed by atoms with Gasteiger partial charge in [0.15, 0.2) is 24.5 Å². The average Bonchev–Trinajstić information content (AvgIpc) is 2.72. The maximum Gasteiger partial charge on any atom is 0.303 e. The highest BCUT2D eigenvalue weighted by Gasteiger charge is 2.57. The highest BCUT2D eigenvalue weighted by molar-refractivity contribution is 5.77. The van der Waals surface area contributed by atoms with Crippen molar-refractivity contribution in [2.75, 3.05) is 6.61 Å². The van der Waals surface area contributed by atoms with Gasteiger partial charge in [0, 0.05) is 40.5 Å². The molecular formula is C23H32FNO10. The van der Waals surface area contributed by atoms with Crippen molar-refractivity contribution in [2.24, 2.45) is 0 Å². The smallest absolute Gasteiger partial charge is 0.303 e. The fraction of sp³-hybridized carbons (Fsp3) is 0.696. The number of terminal acetylenes is 1. The molecule has 1 aliphatic rings. The van der Waals surface area contributed by atoms with Crippen LogP contribution in [-0.4, -0.2) is 78.6 Å². The fourth-order valence-electron chi connectivity index (χ4n) is 3.61. The van der Waals surface area contributed by atoms with E-state index in [2.05, 4.69) is 11.2 Å². The monoisotopic (exact) mass is 501 g/mol. The van der Waals surface area contributed by atoms with Crippen LogP contribution in [0.15, 0.2) is 0 Å². The first kappa shape index (κ1) is 29.8. The molecule has 1 fully saturated rings. The third-order valence-electron chi connectivity index (χ3n) is 4.99. The van der Waals surface area contributed by atoms with Gasteiger partial charge in [0.25, 0.3) is 0 Å². The molecule has 196 valence electrons. The predicted molar refractivity (Wildman–Crippen MR) is 117 cm³/mol. The normalized spacial score (nSPS) is 24.6. The Bertz CT molecular complexity index is 852. The number of halogens is 1. The minimum absolute atomic E-state index is 0.0722. The molecule has 12 heteroatoms. The van der Waals surface area contributed by atoms with Gasteiger partial charge in [-0.3, -0.25) is 24.0 Å². The Hall–Kier alpha value is -3.20. The molecule has 0 radical (unpaired) electrons. The molecule has 0 spiro atoms. The number of carbonyl (C=O) groups excluding carboxylic acids is 5. The van der Waals surface area contributed by atoms with Crippen LogP contribution in [0.25, 0.3) is 0 Å². The van der Waals surface area contributed by atoms with E-state index in [0.29, 0.717) is 0 Å². The van der Waals surface area contributed by atoms with Crippen molar-refractivity contribution in [1.29, 1.82) is 0 Å². The summed E-state index contributed by atoms with van der Waals surface area (Å²) in [5, 5.41) is 2.54. The average molecular weight is 502 g/mol. The van der Waals surface area contributed by atoms with E-state index in [1.807, 2.05) is 0 Å². The summed E-state index contributed by atoms with van der Waals surface area (Å²) in [4.78, 5) is 59.5. The van der Waals surface area contributed by atoms with Crippen molar-refractivity contribution >= 4 is 29.8 Å². The van der Waals surface area contributed by atoms with Gasteiger partial charge >= 0.3 is 23.9 Å². The lowest BCUT2D eigenvalue weighted by Gasteiger charge is -2.49. The quantitative estimate of drug-likeness (QED) is 0.259. The summed E-state index contributed by atoms with van der Waals surface area (Å²) in [7, 11) is 0. The lowest BCUT2D eigenvalue weighted by atomic mass is 9.83. The first-order chi connectivity index (χ1) is 16.2. The Morgan fingerprint density at radius 1 is 1.03 bits per heavy atom. The van der Waals surface area contributed by atoms with Gasteiger partial charge < -0.3 is 29.0 Å². The van der Waals surface area contributed by atoms with Crippen molar-refractivity contribution < 1.29 is 52.0 Å². The number of carbonyl (C=O) groups is 5. The van der Waals surface area contributed by atoms with Crippen LogP contribution in [0, 0.1) is 12.3 Å². The molecule has 1 heterocycles. The van der Waals surface area contributed by atoms with E-state index >= 15 is 4.39 Å². The van der Waals surface area contributed by atoms with E-state index < -0.39 is 78.6 Å². The van der Waals surface area contributed by atoms with Crippen LogP contribution in [0.4, 0.5) is 4.39 Å². The lowest BCUT2D eigenvalue weighted by Crippen LogP contribution is -2.70. The zero-order valence-electron chi connectivity index (χ0n) is 20.6. The zero-order chi connectivity index (χ0) is 26.9. The number of amides is 1. The molecule has 1 N–H and O–H groups in total. The Morgan fingerprint density at radius 2 is 1.63 bits per heavy atom. The molecular weight excluding hydrogens is 469 g/mol. The number of rotatable bonds is 10. The Labute approximate surface area is 203 Å². The van der Waals surface area contributed by atoms with Gasteiger partial charge in [0.2, 0.25) is 5.91 Å². The first-order valence-electron chi connectivity index (χ1n) is 10.9. The van der Waals surface area contributed by atoms with Crippen molar-refractivity contribution in [2.45, 2.75) is 96.6 Å². The summed E-state index contributed by atoms with van der Waals surface area (Å²) in [6.45, 7) is 6.53. The summed E-state index contributed by atoms with van der Waals surface area (Å²) in [6.07, 6.45) is -2.65. The van der Waals surface area contributed by atoms with Crippen LogP contribution in [0.1, 0.15) is 54.4 Å². The third kappa shape index (κ3) is 9.16. The molecule has 0 aromatic rings. The maximum atomic E-state index is 15.5. The summed E-state index contributed by atoms with van der Waals surface area (Å²) in [6, 6.07) is -1.40. The standard InChI is InChI=1S/C23H32FNO10/c1-8-9-10-17(30)25-18-20(35-23(6,7)22(24)21(18)34-15(5)29)19(33-14(4)28)16(32-13(3)27)11-31-12(2)26/h1,16,18-22H,9-11H2,2-7H3,(H,25,30)/t16-,18?,19-,20?,21?,22?/m1/s1. The van der Waals surface area contributed by atoms with Crippen LogP contribution in [-0.2, 0) is 47.7 Å². The van der Waals surface area contributed by atoms with Crippen molar-refractivity contribution in [3.63, 3.8) is 0 Å². The van der Waals surface area contributed by atoms with E-state index in [9.17, 15) is 24.0 Å². The van der Waals surface area contributed by atoms with Crippen molar-refractivity contribution in [3.05, 3.63) is 0 Å². The van der Waals surface area contributed by atoms with Crippen LogP contribution in [0.5, 0.6) is 0 Å². The molecule has 0 aromatic heterocycles. The zero-order valence-corrected chi connectivity index (χ0v) is 20.6. The second-order valence-electron chi connectivity index (χ2n) is 8.48. The Balaban J connectivity index is 3.59. The minimum Gasteiger partial charge on any atom is -0.462 e. The van der Waals surface area contributed by atoms with Crippen LogP contribution in [0.3, 0.4) is 0 Å². The van der Waals surface area contributed by atoms with Crippen LogP contribution < -0.4 is 5.32 Å². The molecule has 1 aliphatic heterocycles. The van der Waals surface area contributed by atoms with E-state index in [1.165, 1.54) is 13.8 Å². The van der Waals surface area contributed by atoms with Gasteiger partial charge in [-0.25, -0.2) is 4.39 Å². The fourth-order valence-corrected chi connectivity index (χ4v) is 3.61. The number of nitrogens with one attached hydrogen (secondary N) is 1. The third-order valence-corrected chi connectivity index (χ3v) is 4.99. The molecule has 0 aromatic carbocycles. The van der Waals surface area contributed by atoms with Crippen molar-refractivity contribution in [1.82, 2.24) is 5.32 Å². The van der Waals surface area contributed by atoms with Gasteiger partial charge in [0.05, 0.1) is 11.6 Å². The molecule has 6 atom stereocenters. The van der Waals surface area contributed by atoms with Crippen LogP contribution >= 0.6 is 0 Å². The van der Waals surface area contributed by atoms with E-state index in [-0.39, 0.29) is 12.8 Å². The largest absolute Gasteiger partial charge is 0.462 e. The molecule has 0 aliphatic carbocycles. The molecule has 11 nitrogen and oxygen atoms in total. The van der Waals surface area contributed by atoms with Gasteiger partial charge in [-0.15, -0.1) is 12.3 Å². The Kier molecular flexibility index (Phi) is 11.1. The topological polar surface area (TPSA) is 144 Å². The first-order valence-corrected chi connectivity index (χ1v) is 10.9. The highest BCUT2D eigenvalue weighted by Crippen LogP contribution is 2.36. The number of alkyl halides is 1. The molecule has 1 rings (SSSR count). The molecule has 0 saturated carbocycles. The number of esters is 4. The molecule has 35 heavy (non-hydrogen) atoms. The minimum atomic E-state index is -1.92. The molecule has 1 saturated heterocycles.